The van der Waals surface area contributed by atoms with Crippen LogP contribution in [0.3, 0.4) is 0 Å². The van der Waals surface area contributed by atoms with Crippen LogP contribution in [0, 0.1) is 5.82 Å². The number of nitrogens with one attached hydrogen (secondary N) is 1. The number of nitrogen functional groups attached to an aromatic ring is 1. The van der Waals surface area contributed by atoms with Gasteiger partial charge in [-0.25, -0.2) is 4.39 Å². The normalized spacial score (nSPS) is 12.1. The highest BCUT2D eigenvalue weighted by atomic mass is 19.1. The second-order valence-corrected chi connectivity index (χ2v) is 3.88. The molecule has 2 rings (SSSR count). The Kier molecular flexibility index (Phi) is 3.23. The predicted octanol–water partition coefficient (Wildman–Crippen LogP) is 2.98. The lowest BCUT2D eigenvalue weighted by molar-refractivity contribution is 0.628. The van der Waals surface area contributed by atoms with Crippen molar-refractivity contribution >= 4 is 11.4 Å². The summed E-state index contributed by atoms with van der Waals surface area (Å²) in [4.78, 5) is 4.05. The van der Waals surface area contributed by atoms with Crippen LogP contribution in [-0.4, -0.2) is 4.98 Å². The van der Waals surface area contributed by atoms with Gasteiger partial charge in [0.2, 0.25) is 0 Å². The zero-order valence-electron chi connectivity index (χ0n) is 9.52. The molecule has 1 aromatic carbocycles. The molecule has 0 radical (unpaired) electrons. The largest absolute Gasteiger partial charge is 0.397 e. The lowest BCUT2D eigenvalue weighted by Crippen LogP contribution is -2.08. The fourth-order valence-corrected chi connectivity index (χ4v) is 1.61. The van der Waals surface area contributed by atoms with Crippen LogP contribution in [-0.2, 0) is 0 Å². The summed E-state index contributed by atoms with van der Waals surface area (Å²) in [6, 6.07) is 8.24. The molecule has 1 heterocycles. The Morgan fingerprint density at radius 3 is 2.82 bits per heavy atom. The van der Waals surface area contributed by atoms with Crippen molar-refractivity contribution in [3.8, 4) is 0 Å². The Morgan fingerprint density at radius 1 is 1.35 bits per heavy atom. The number of halogens is 1. The number of benzene rings is 1. The predicted molar refractivity (Wildman–Crippen MR) is 67.1 cm³/mol. The summed E-state index contributed by atoms with van der Waals surface area (Å²) in [6.45, 7) is 2.00. The summed E-state index contributed by atoms with van der Waals surface area (Å²) in [5.41, 5.74) is 7.91. The zero-order valence-corrected chi connectivity index (χ0v) is 9.52. The maximum atomic E-state index is 12.9. The van der Waals surface area contributed by atoms with Crippen molar-refractivity contribution in [1.29, 1.82) is 0 Å². The lowest BCUT2D eigenvalue weighted by Gasteiger charge is -2.16. The van der Waals surface area contributed by atoms with Crippen molar-refractivity contribution in [2.45, 2.75) is 13.0 Å². The molecule has 0 aliphatic rings. The highest BCUT2D eigenvalue weighted by Crippen LogP contribution is 2.24. The maximum absolute atomic E-state index is 12.9. The van der Waals surface area contributed by atoms with Crippen LogP contribution in [0.1, 0.15) is 18.5 Å². The highest BCUT2D eigenvalue weighted by Gasteiger charge is 2.07. The molecule has 88 valence electrons. The smallest absolute Gasteiger partial charge is 0.125 e. The Bertz CT molecular complexity index is 499. The fraction of sp³-hybridized carbons (Fsp3) is 0.154. The van der Waals surface area contributed by atoms with Gasteiger partial charge >= 0.3 is 0 Å². The summed E-state index contributed by atoms with van der Waals surface area (Å²) in [5, 5.41) is 3.22. The average molecular weight is 231 g/mol. The number of nitrogens with two attached hydrogens (primary N) is 1. The van der Waals surface area contributed by atoms with E-state index in [0.717, 1.165) is 11.3 Å². The molecule has 0 spiro atoms. The second-order valence-electron chi connectivity index (χ2n) is 3.88. The summed E-state index contributed by atoms with van der Waals surface area (Å²) in [7, 11) is 0. The Morgan fingerprint density at radius 2 is 2.18 bits per heavy atom. The minimum absolute atomic E-state index is 0.0662. The van der Waals surface area contributed by atoms with Gasteiger partial charge in [-0.2, -0.15) is 0 Å². The van der Waals surface area contributed by atoms with Gasteiger partial charge in [-0.15, -0.1) is 0 Å². The van der Waals surface area contributed by atoms with Crippen LogP contribution in [0.15, 0.2) is 42.7 Å². The molecule has 3 N–H and O–H groups in total. The molecule has 1 atom stereocenters. The van der Waals surface area contributed by atoms with Crippen LogP contribution in [0.25, 0.3) is 0 Å². The summed E-state index contributed by atoms with van der Waals surface area (Å²) in [5.74, 6) is -0.331. The highest BCUT2D eigenvalue weighted by molar-refractivity contribution is 5.66. The fourth-order valence-electron chi connectivity index (χ4n) is 1.61. The quantitative estimate of drug-likeness (QED) is 0.798. The van der Waals surface area contributed by atoms with E-state index in [1.807, 2.05) is 19.1 Å². The van der Waals surface area contributed by atoms with Crippen molar-refractivity contribution < 1.29 is 4.39 Å². The minimum Gasteiger partial charge on any atom is -0.397 e. The lowest BCUT2D eigenvalue weighted by atomic mass is 10.1. The van der Waals surface area contributed by atoms with E-state index in [1.54, 1.807) is 18.5 Å². The molecule has 0 bridgehead atoms. The second kappa shape index (κ2) is 4.82. The molecule has 0 aliphatic carbocycles. The molecule has 0 fully saturated rings. The first-order valence-corrected chi connectivity index (χ1v) is 5.38. The zero-order chi connectivity index (χ0) is 12.3. The van der Waals surface area contributed by atoms with E-state index in [2.05, 4.69) is 10.3 Å². The molecule has 4 heteroatoms. The summed E-state index contributed by atoms with van der Waals surface area (Å²) in [6.07, 6.45) is 3.51. The van der Waals surface area contributed by atoms with E-state index in [4.69, 9.17) is 5.73 Å². The third kappa shape index (κ3) is 2.72. The Balaban J connectivity index is 2.16. The van der Waals surface area contributed by atoms with Crippen molar-refractivity contribution in [1.82, 2.24) is 4.98 Å². The van der Waals surface area contributed by atoms with E-state index in [1.165, 1.54) is 12.1 Å². The van der Waals surface area contributed by atoms with Crippen LogP contribution < -0.4 is 11.1 Å². The van der Waals surface area contributed by atoms with E-state index in [-0.39, 0.29) is 11.9 Å². The average Bonchev–Trinajstić information content (AvgIpc) is 2.34. The van der Waals surface area contributed by atoms with Gasteiger partial charge in [-0.1, -0.05) is 6.07 Å². The van der Waals surface area contributed by atoms with E-state index < -0.39 is 0 Å². The first kappa shape index (κ1) is 11.4. The molecular formula is C13H14FN3. The first-order chi connectivity index (χ1) is 8.16. The molecule has 1 aromatic heterocycles. The van der Waals surface area contributed by atoms with Crippen LogP contribution >= 0.6 is 0 Å². The summed E-state index contributed by atoms with van der Waals surface area (Å²) < 4.78 is 12.9. The number of anilines is 2. The topological polar surface area (TPSA) is 50.9 Å². The Labute approximate surface area is 99.5 Å². The number of rotatable bonds is 3. The van der Waals surface area contributed by atoms with Crippen molar-refractivity contribution in [2.24, 2.45) is 0 Å². The number of nitrogens with zero attached hydrogens (tertiary/aromatic N) is 1. The molecule has 0 saturated heterocycles. The van der Waals surface area contributed by atoms with Gasteiger partial charge in [0.05, 0.1) is 17.4 Å². The molecule has 1 unspecified atom stereocenters. The number of hydrogen-bond donors (Lipinski definition) is 2. The standard InChI is InChI=1S/C13H14FN3/c1-9(10-3-2-6-16-8-10)17-13-5-4-11(14)7-12(13)15/h2-9,17H,15H2,1H3. The number of hydrogen-bond acceptors (Lipinski definition) is 3. The SMILES string of the molecule is CC(Nc1ccc(F)cc1N)c1cccnc1. The first-order valence-electron chi connectivity index (χ1n) is 5.38. The number of aromatic nitrogens is 1. The van der Waals surface area contributed by atoms with Gasteiger partial charge in [-0.05, 0) is 36.8 Å². The van der Waals surface area contributed by atoms with Crippen LogP contribution in [0.4, 0.5) is 15.8 Å². The van der Waals surface area contributed by atoms with Crippen LogP contribution in [0.2, 0.25) is 0 Å². The van der Waals surface area contributed by atoms with Crippen molar-refractivity contribution in [3.05, 3.63) is 54.1 Å². The molecule has 3 nitrogen and oxygen atoms in total. The van der Waals surface area contributed by atoms with Gasteiger partial charge in [-0.3, -0.25) is 4.98 Å². The van der Waals surface area contributed by atoms with E-state index in [0.29, 0.717) is 5.69 Å². The van der Waals surface area contributed by atoms with Gasteiger partial charge < -0.3 is 11.1 Å². The molecular weight excluding hydrogens is 217 g/mol. The van der Waals surface area contributed by atoms with Gasteiger partial charge in [0, 0.05) is 12.4 Å². The third-order valence-corrected chi connectivity index (χ3v) is 2.57. The van der Waals surface area contributed by atoms with Gasteiger partial charge in [0.15, 0.2) is 0 Å². The van der Waals surface area contributed by atoms with E-state index in [9.17, 15) is 4.39 Å². The van der Waals surface area contributed by atoms with Crippen molar-refractivity contribution in [2.75, 3.05) is 11.1 Å². The molecule has 17 heavy (non-hydrogen) atoms. The molecule has 0 amide bonds. The van der Waals surface area contributed by atoms with Gasteiger partial charge in [0.1, 0.15) is 5.82 Å². The monoisotopic (exact) mass is 231 g/mol. The number of pyridine rings is 1. The molecule has 0 saturated carbocycles. The van der Waals surface area contributed by atoms with Gasteiger partial charge in [0.25, 0.3) is 0 Å². The Hall–Kier alpha value is -2.10. The summed E-state index contributed by atoms with van der Waals surface area (Å²) >= 11 is 0. The van der Waals surface area contributed by atoms with E-state index >= 15 is 0 Å². The van der Waals surface area contributed by atoms with Crippen molar-refractivity contribution in [3.63, 3.8) is 0 Å². The maximum Gasteiger partial charge on any atom is 0.125 e. The third-order valence-electron chi connectivity index (χ3n) is 2.57. The molecule has 2 aromatic rings. The van der Waals surface area contributed by atoms with Crippen LogP contribution in [0.5, 0.6) is 0 Å². The minimum atomic E-state index is -0.331. The molecule has 0 aliphatic heterocycles.